The SMILES string of the molecule is Cc1cc(C)cc(CC(=O)N(Cc2ccccc2C)[C@@H](C)C(=O)NC(C)(C)C)c1. The second kappa shape index (κ2) is 9.25. The molecule has 4 nitrogen and oxygen atoms in total. The number of benzene rings is 2. The fraction of sp³-hybridized carbons (Fsp3) is 0.440. The van der Waals surface area contributed by atoms with E-state index in [1.54, 1.807) is 11.8 Å². The molecule has 2 rings (SSSR count). The first-order valence-corrected chi connectivity index (χ1v) is 10.2. The van der Waals surface area contributed by atoms with Crippen molar-refractivity contribution >= 4 is 11.8 Å². The highest BCUT2D eigenvalue weighted by Gasteiger charge is 2.28. The number of aryl methyl sites for hydroxylation is 3. The second-order valence-corrected chi connectivity index (χ2v) is 9.04. The lowest BCUT2D eigenvalue weighted by atomic mass is 10.0. The van der Waals surface area contributed by atoms with Crippen LogP contribution in [0.4, 0.5) is 0 Å². The summed E-state index contributed by atoms with van der Waals surface area (Å²) in [7, 11) is 0. The van der Waals surface area contributed by atoms with Crippen molar-refractivity contribution < 1.29 is 9.59 Å². The summed E-state index contributed by atoms with van der Waals surface area (Å²) in [6, 6.07) is 13.6. The van der Waals surface area contributed by atoms with Gasteiger partial charge in [-0.15, -0.1) is 0 Å². The van der Waals surface area contributed by atoms with Crippen LogP contribution in [0.2, 0.25) is 0 Å². The summed E-state index contributed by atoms with van der Waals surface area (Å²) in [5, 5.41) is 3.00. The Labute approximate surface area is 175 Å². The molecule has 0 unspecified atom stereocenters. The van der Waals surface area contributed by atoms with E-state index in [0.29, 0.717) is 6.54 Å². The minimum atomic E-state index is -0.563. The molecule has 2 aromatic rings. The van der Waals surface area contributed by atoms with E-state index in [9.17, 15) is 9.59 Å². The molecule has 1 N–H and O–H groups in total. The minimum absolute atomic E-state index is 0.0465. The van der Waals surface area contributed by atoms with Crippen LogP contribution in [0.5, 0.6) is 0 Å². The lowest BCUT2D eigenvalue weighted by Crippen LogP contribution is -2.52. The number of carbonyl (C=O) groups is 2. The normalized spacial score (nSPS) is 12.4. The van der Waals surface area contributed by atoms with Gasteiger partial charge in [0.15, 0.2) is 0 Å². The third kappa shape index (κ3) is 6.74. The molecule has 0 saturated heterocycles. The van der Waals surface area contributed by atoms with Gasteiger partial charge < -0.3 is 10.2 Å². The molecule has 29 heavy (non-hydrogen) atoms. The first-order chi connectivity index (χ1) is 13.5. The number of nitrogens with one attached hydrogen (secondary N) is 1. The number of hydrogen-bond donors (Lipinski definition) is 1. The number of amides is 2. The number of hydrogen-bond acceptors (Lipinski definition) is 2. The third-order valence-corrected chi connectivity index (χ3v) is 4.90. The molecule has 0 aromatic heterocycles. The van der Waals surface area contributed by atoms with Gasteiger partial charge in [-0.25, -0.2) is 0 Å². The lowest BCUT2D eigenvalue weighted by molar-refractivity contribution is -0.140. The van der Waals surface area contributed by atoms with E-state index in [4.69, 9.17) is 0 Å². The monoisotopic (exact) mass is 394 g/mol. The largest absolute Gasteiger partial charge is 0.350 e. The highest BCUT2D eigenvalue weighted by atomic mass is 16.2. The zero-order chi connectivity index (χ0) is 21.8. The van der Waals surface area contributed by atoms with Gasteiger partial charge in [0.05, 0.1) is 6.42 Å². The quantitative estimate of drug-likeness (QED) is 0.785. The van der Waals surface area contributed by atoms with Crippen LogP contribution in [0, 0.1) is 20.8 Å². The fourth-order valence-corrected chi connectivity index (χ4v) is 3.47. The predicted octanol–water partition coefficient (Wildman–Crippen LogP) is 4.49. The van der Waals surface area contributed by atoms with Crippen LogP contribution in [-0.4, -0.2) is 28.3 Å². The molecular weight excluding hydrogens is 360 g/mol. The Hall–Kier alpha value is -2.62. The van der Waals surface area contributed by atoms with Crippen molar-refractivity contribution in [2.24, 2.45) is 0 Å². The Bertz CT molecular complexity index is 860. The lowest BCUT2D eigenvalue weighted by Gasteiger charge is -2.32. The van der Waals surface area contributed by atoms with Gasteiger partial charge in [0.2, 0.25) is 11.8 Å². The van der Waals surface area contributed by atoms with Crippen LogP contribution < -0.4 is 5.32 Å². The van der Waals surface area contributed by atoms with E-state index in [1.807, 2.05) is 77.9 Å². The molecule has 0 bridgehead atoms. The molecule has 2 amide bonds. The first kappa shape index (κ1) is 22.7. The molecule has 0 radical (unpaired) electrons. The topological polar surface area (TPSA) is 49.4 Å². The average Bonchev–Trinajstić information content (AvgIpc) is 2.58. The van der Waals surface area contributed by atoms with Crippen LogP contribution in [0.25, 0.3) is 0 Å². The Morgan fingerprint density at radius 1 is 1.00 bits per heavy atom. The Balaban J connectivity index is 2.30. The van der Waals surface area contributed by atoms with E-state index >= 15 is 0 Å². The smallest absolute Gasteiger partial charge is 0.242 e. The molecule has 1 atom stereocenters. The Morgan fingerprint density at radius 2 is 1.59 bits per heavy atom. The van der Waals surface area contributed by atoms with Crippen molar-refractivity contribution in [3.63, 3.8) is 0 Å². The van der Waals surface area contributed by atoms with Gasteiger partial charge in [0.25, 0.3) is 0 Å². The van der Waals surface area contributed by atoms with E-state index in [0.717, 1.165) is 27.8 Å². The number of carbonyl (C=O) groups excluding carboxylic acids is 2. The first-order valence-electron chi connectivity index (χ1n) is 10.2. The molecule has 0 heterocycles. The summed E-state index contributed by atoms with van der Waals surface area (Å²) in [6.07, 6.45) is 0.279. The molecule has 0 aliphatic rings. The molecule has 0 aliphatic heterocycles. The van der Waals surface area contributed by atoms with E-state index in [2.05, 4.69) is 11.4 Å². The molecule has 0 spiro atoms. The summed E-state index contributed by atoms with van der Waals surface area (Å²) in [4.78, 5) is 27.8. The fourth-order valence-electron chi connectivity index (χ4n) is 3.47. The molecule has 0 saturated carbocycles. The second-order valence-electron chi connectivity index (χ2n) is 9.04. The van der Waals surface area contributed by atoms with Gasteiger partial charge in [0.1, 0.15) is 6.04 Å². The summed E-state index contributed by atoms with van der Waals surface area (Å²) in [6.45, 7) is 14.1. The Kier molecular flexibility index (Phi) is 7.23. The maximum atomic E-state index is 13.3. The van der Waals surface area contributed by atoms with E-state index < -0.39 is 6.04 Å². The van der Waals surface area contributed by atoms with Crippen LogP contribution >= 0.6 is 0 Å². The van der Waals surface area contributed by atoms with E-state index in [-0.39, 0.29) is 23.8 Å². The number of nitrogens with zero attached hydrogens (tertiary/aromatic N) is 1. The van der Waals surface area contributed by atoms with Gasteiger partial charge in [-0.05, 0) is 65.2 Å². The van der Waals surface area contributed by atoms with Crippen molar-refractivity contribution in [3.8, 4) is 0 Å². The predicted molar refractivity (Wildman–Crippen MR) is 119 cm³/mol. The van der Waals surface area contributed by atoms with E-state index in [1.165, 1.54) is 0 Å². The van der Waals surface area contributed by atoms with Gasteiger partial charge in [-0.3, -0.25) is 9.59 Å². The van der Waals surface area contributed by atoms with Crippen LogP contribution in [-0.2, 0) is 22.6 Å². The van der Waals surface area contributed by atoms with Crippen molar-refractivity contribution in [1.29, 1.82) is 0 Å². The molecule has 2 aromatic carbocycles. The van der Waals surface area contributed by atoms with Crippen molar-refractivity contribution in [2.75, 3.05) is 0 Å². The van der Waals surface area contributed by atoms with Gasteiger partial charge in [-0.2, -0.15) is 0 Å². The summed E-state index contributed by atoms with van der Waals surface area (Å²) in [5.74, 6) is -0.185. The Morgan fingerprint density at radius 3 is 2.14 bits per heavy atom. The maximum Gasteiger partial charge on any atom is 0.242 e. The van der Waals surface area contributed by atoms with Crippen molar-refractivity contribution in [2.45, 2.75) is 73.0 Å². The summed E-state index contributed by atoms with van der Waals surface area (Å²) >= 11 is 0. The number of rotatable bonds is 6. The van der Waals surface area contributed by atoms with Crippen LogP contribution in [0.1, 0.15) is 55.5 Å². The average molecular weight is 395 g/mol. The summed E-state index contributed by atoms with van der Waals surface area (Å²) in [5.41, 5.74) is 5.06. The maximum absolute atomic E-state index is 13.3. The standard InChI is InChI=1S/C25H34N2O2/c1-17-12-18(2)14-21(13-17)15-23(28)27(16-22-11-9-8-10-19(22)3)20(4)24(29)26-25(5,6)7/h8-14,20H,15-16H2,1-7H3,(H,26,29)/t20-/m0/s1. The molecular formula is C25H34N2O2. The van der Waals surface area contributed by atoms with Crippen molar-refractivity contribution in [1.82, 2.24) is 10.2 Å². The van der Waals surface area contributed by atoms with Crippen LogP contribution in [0.3, 0.4) is 0 Å². The molecule has 156 valence electrons. The van der Waals surface area contributed by atoms with Crippen LogP contribution in [0.15, 0.2) is 42.5 Å². The van der Waals surface area contributed by atoms with Crippen molar-refractivity contribution in [3.05, 3.63) is 70.3 Å². The minimum Gasteiger partial charge on any atom is -0.350 e. The van der Waals surface area contributed by atoms with Gasteiger partial charge >= 0.3 is 0 Å². The molecule has 0 aliphatic carbocycles. The zero-order valence-corrected chi connectivity index (χ0v) is 18.8. The summed E-state index contributed by atoms with van der Waals surface area (Å²) < 4.78 is 0. The van der Waals surface area contributed by atoms with Gasteiger partial charge in [0, 0.05) is 12.1 Å². The molecule has 4 heteroatoms. The highest BCUT2D eigenvalue weighted by Crippen LogP contribution is 2.17. The zero-order valence-electron chi connectivity index (χ0n) is 18.8. The highest BCUT2D eigenvalue weighted by molar-refractivity contribution is 5.88. The third-order valence-electron chi connectivity index (χ3n) is 4.90. The molecule has 0 fully saturated rings. The van der Waals surface area contributed by atoms with Gasteiger partial charge in [-0.1, -0.05) is 53.6 Å².